The first-order valence-electron chi connectivity index (χ1n) is 8.65. The van der Waals surface area contributed by atoms with Gasteiger partial charge in [-0.2, -0.15) is 0 Å². The highest BCUT2D eigenvalue weighted by Crippen LogP contribution is 2.53. The van der Waals surface area contributed by atoms with E-state index in [0.29, 0.717) is 12.4 Å². The smallest absolute Gasteiger partial charge is 0.331 e. The van der Waals surface area contributed by atoms with Gasteiger partial charge >= 0.3 is 6.92 Å². The zero-order valence-corrected chi connectivity index (χ0v) is 15.1. The molecule has 23 heavy (non-hydrogen) atoms. The Kier molecular flexibility index (Phi) is 3.83. The lowest BCUT2D eigenvalue weighted by atomic mass is 9.44. The molecule has 0 amide bonds. The van der Waals surface area contributed by atoms with E-state index in [1.54, 1.807) is 5.01 Å². The fourth-order valence-corrected chi connectivity index (χ4v) is 4.33. The molecule has 1 atom stereocenters. The molecule has 0 bridgehead atoms. The highest BCUT2D eigenvalue weighted by Gasteiger charge is 2.56. The van der Waals surface area contributed by atoms with E-state index in [1.807, 2.05) is 0 Å². The lowest BCUT2D eigenvalue weighted by molar-refractivity contribution is 0.0275. The second-order valence-electron chi connectivity index (χ2n) is 8.08. The van der Waals surface area contributed by atoms with Crippen LogP contribution in [0.25, 0.3) is 0 Å². The molecule has 4 nitrogen and oxygen atoms in total. The van der Waals surface area contributed by atoms with Gasteiger partial charge in [-0.05, 0) is 55.5 Å². The molecule has 3 rings (SSSR count). The zero-order valence-electron chi connectivity index (χ0n) is 15.1. The van der Waals surface area contributed by atoms with E-state index >= 15 is 0 Å². The number of benzene rings is 1. The van der Waals surface area contributed by atoms with Crippen molar-refractivity contribution in [2.24, 2.45) is 10.7 Å². The second kappa shape index (κ2) is 5.33. The first-order valence-corrected chi connectivity index (χ1v) is 8.65. The third-order valence-electron chi connectivity index (χ3n) is 6.45. The number of nitrogens with zero attached hydrogens (tertiary/aromatic N) is 2. The van der Waals surface area contributed by atoms with Crippen molar-refractivity contribution in [1.29, 1.82) is 0 Å². The van der Waals surface area contributed by atoms with E-state index in [9.17, 15) is 4.91 Å². The maximum Gasteiger partial charge on any atom is 0.331 e. The van der Waals surface area contributed by atoms with Crippen molar-refractivity contribution in [3.63, 3.8) is 0 Å². The molecule has 2 aliphatic rings. The molecular formula is C18H27BN2O2. The summed E-state index contributed by atoms with van der Waals surface area (Å²) in [6, 6.07) is 4.36. The largest absolute Gasteiger partial charge is 0.425 e. The number of hydrogen-bond acceptors (Lipinski definition) is 3. The fourth-order valence-electron chi connectivity index (χ4n) is 4.33. The summed E-state index contributed by atoms with van der Waals surface area (Å²) in [5, 5.41) is 4.74. The molecule has 1 aromatic carbocycles. The number of nitroso groups, excluding NO2 is 1. The van der Waals surface area contributed by atoms with E-state index in [4.69, 9.17) is 4.65 Å². The van der Waals surface area contributed by atoms with Crippen LogP contribution in [0.2, 0.25) is 5.82 Å². The zero-order chi connectivity index (χ0) is 17.0. The van der Waals surface area contributed by atoms with Crippen molar-refractivity contribution >= 4 is 18.1 Å². The van der Waals surface area contributed by atoms with E-state index in [-0.39, 0.29) is 17.9 Å². The summed E-state index contributed by atoms with van der Waals surface area (Å²) in [7, 11) is 0. The lowest BCUT2D eigenvalue weighted by Gasteiger charge is -2.37. The van der Waals surface area contributed by atoms with Gasteiger partial charge in [-0.15, -0.1) is 4.91 Å². The average molecular weight is 314 g/mol. The van der Waals surface area contributed by atoms with Gasteiger partial charge < -0.3 is 4.65 Å². The summed E-state index contributed by atoms with van der Waals surface area (Å²) in [5.41, 5.74) is 4.57. The van der Waals surface area contributed by atoms with Crippen LogP contribution in [0, 0.1) is 17.2 Å². The number of rotatable bonds is 3. The molecule has 0 aromatic heterocycles. The van der Waals surface area contributed by atoms with Crippen LogP contribution < -0.4 is 10.5 Å². The van der Waals surface area contributed by atoms with E-state index < -0.39 is 0 Å². The van der Waals surface area contributed by atoms with Crippen LogP contribution in [0.4, 0.5) is 5.69 Å². The van der Waals surface area contributed by atoms with Gasteiger partial charge in [0.15, 0.2) is 0 Å². The molecule has 1 saturated heterocycles. The molecule has 2 aliphatic heterocycles. The summed E-state index contributed by atoms with van der Waals surface area (Å²) in [6.07, 6.45) is 1.97. The SMILES string of the molecule is CCC1B(c2cc3c(cc2C)CCN3N=O)OC(C)(C)C1(C)C. The molecular weight excluding hydrogens is 287 g/mol. The van der Waals surface area contributed by atoms with Gasteiger partial charge in [0.1, 0.15) is 0 Å². The van der Waals surface area contributed by atoms with Crippen molar-refractivity contribution in [2.75, 3.05) is 11.6 Å². The van der Waals surface area contributed by atoms with E-state index in [1.165, 1.54) is 16.6 Å². The molecule has 124 valence electrons. The summed E-state index contributed by atoms with van der Waals surface area (Å²) in [4.78, 5) is 11.1. The maximum absolute atomic E-state index is 11.1. The Morgan fingerprint density at radius 3 is 2.65 bits per heavy atom. The molecule has 1 aromatic rings. The van der Waals surface area contributed by atoms with Gasteiger partial charge in [0.05, 0.1) is 16.6 Å². The summed E-state index contributed by atoms with van der Waals surface area (Å²) in [5.74, 6) is 0.452. The normalized spacial score (nSPS) is 24.9. The first kappa shape index (κ1) is 16.5. The quantitative estimate of drug-likeness (QED) is 0.628. The van der Waals surface area contributed by atoms with E-state index in [2.05, 4.69) is 59.0 Å². The standard InChI is InChI=1S/C18H27BN2O2/c1-7-16-17(3,4)18(5,6)23-19(16)14-11-15-13(10-12(14)2)8-9-21(15)20-22/h10-11,16H,7-9H2,1-6H3. The summed E-state index contributed by atoms with van der Waals surface area (Å²) >= 11 is 0. The van der Waals surface area contributed by atoms with Crippen LogP contribution in [0.3, 0.4) is 0 Å². The minimum absolute atomic E-state index is 0.0735. The Morgan fingerprint density at radius 2 is 2.04 bits per heavy atom. The number of anilines is 1. The molecule has 0 spiro atoms. The Balaban J connectivity index is 2.07. The molecule has 0 saturated carbocycles. The maximum atomic E-state index is 11.1. The van der Waals surface area contributed by atoms with Crippen molar-refractivity contribution < 1.29 is 4.65 Å². The summed E-state index contributed by atoms with van der Waals surface area (Å²) < 4.78 is 6.54. The van der Waals surface area contributed by atoms with Crippen LogP contribution in [0.1, 0.15) is 52.2 Å². The van der Waals surface area contributed by atoms with Gasteiger partial charge in [0.25, 0.3) is 0 Å². The molecule has 2 heterocycles. The highest BCUT2D eigenvalue weighted by atomic mass is 16.5. The molecule has 5 heteroatoms. The van der Waals surface area contributed by atoms with Crippen molar-refractivity contribution in [2.45, 2.75) is 65.8 Å². The number of hydrogen-bond donors (Lipinski definition) is 0. The Bertz CT molecular complexity index is 642. The third kappa shape index (κ3) is 2.32. The Labute approximate surface area is 139 Å². The van der Waals surface area contributed by atoms with Gasteiger partial charge in [-0.25, -0.2) is 5.01 Å². The molecule has 1 unspecified atom stereocenters. The van der Waals surface area contributed by atoms with Crippen molar-refractivity contribution in [3.8, 4) is 0 Å². The fraction of sp³-hybridized carbons (Fsp3) is 0.667. The van der Waals surface area contributed by atoms with Gasteiger partial charge in [-0.3, -0.25) is 0 Å². The average Bonchev–Trinajstić information content (AvgIpc) is 2.94. The van der Waals surface area contributed by atoms with Crippen LogP contribution in [-0.2, 0) is 11.1 Å². The van der Waals surface area contributed by atoms with Crippen LogP contribution in [0.15, 0.2) is 17.4 Å². The molecule has 0 aliphatic carbocycles. The Morgan fingerprint density at radius 1 is 1.35 bits per heavy atom. The third-order valence-corrected chi connectivity index (χ3v) is 6.45. The highest BCUT2D eigenvalue weighted by molar-refractivity contribution is 6.70. The topological polar surface area (TPSA) is 41.9 Å². The van der Waals surface area contributed by atoms with Crippen molar-refractivity contribution in [1.82, 2.24) is 0 Å². The van der Waals surface area contributed by atoms with E-state index in [0.717, 1.165) is 18.5 Å². The molecule has 0 radical (unpaired) electrons. The molecule has 0 N–H and O–H groups in total. The predicted molar refractivity (Wildman–Crippen MR) is 96.4 cm³/mol. The predicted octanol–water partition coefficient (Wildman–Crippen LogP) is 3.85. The van der Waals surface area contributed by atoms with Crippen LogP contribution in [-0.4, -0.2) is 19.1 Å². The number of fused-ring (bicyclic) bond motifs is 1. The second-order valence-corrected chi connectivity index (χ2v) is 8.08. The van der Waals surface area contributed by atoms with Crippen LogP contribution in [0.5, 0.6) is 0 Å². The Hall–Kier alpha value is -1.36. The van der Waals surface area contributed by atoms with Crippen molar-refractivity contribution in [3.05, 3.63) is 28.2 Å². The van der Waals surface area contributed by atoms with Gasteiger partial charge in [0.2, 0.25) is 0 Å². The minimum Gasteiger partial charge on any atom is -0.425 e. The van der Waals surface area contributed by atoms with Gasteiger partial charge in [-0.1, -0.05) is 38.8 Å². The first-order chi connectivity index (χ1) is 10.7. The lowest BCUT2D eigenvalue weighted by Crippen LogP contribution is -2.37. The number of aryl methyl sites for hydroxylation is 1. The molecule has 1 fully saturated rings. The summed E-state index contributed by atoms with van der Waals surface area (Å²) in [6.45, 7) is 14.2. The van der Waals surface area contributed by atoms with Crippen LogP contribution >= 0.6 is 0 Å². The monoisotopic (exact) mass is 314 g/mol. The van der Waals surface area contributed by atoms with Gasteiger partial charge in [0, 0.05) is 6.54 Å². The minimum atomic E-state index is -0.174.